The second kappa shape index (κ2) is 5.53. The van der Waals surface area contributed by atoms with Gasteiger partial charge in [0, 0.05) is 18.0 Å². The molecule has 0 aliphatic carbocycles. The molecule has 1 nitrogen and oxygen atoms in total. The van der Waals surface area contributed by atoms with E-state index in [2.05, 4.69) is 68.2 Å². The molecule has 1 aromatic heterocycles. The number of nitrogens with zero attached hydrogens (tertiary/aromatic N) is 1. The predicted molar refractivity (Wildman–Crippen MR) is 89.3 cm³/mol. The fourth-order valence-electron chi connectivity index (χ4n) is 2.65. The molecular weight excluding hydrogens is 254 g/mol. The van der Waals surface area contributed by atoms with E-state index in [1.807, 2.05) is 18.5 Å². The summed E-state index contributed by atoms with van der Waals surface area (Å²) in [4.78, 5) is 4.22. The third-order valence-corrected chi connectivity index (χ3v) is 3.92. The van der Waals surface area contributed by atoms with E-state index in [0.717, 1.165) is 5.56 Å². The summed E-state index contributed by atoms with van der Waals surface area (Å²) in [7, 11) is 0. The minimum absolute atomic E-state index is 1.16. The van der Waals surface area contributed by atoms with Crippen molar-refractivity contribution in [3.63, 3.8) is 0 Å². The van der Waals surface area contributed by atoms with Crippen LogP contribution >= 0.6 is 0 Å². The molecule has 0 radical (unpaired) electrons. The van der Waals surface area contributed by atoms with E-state index in [1.165, 1.54) is 33.4 Å². The third kappa shape index (κ3) is 2.73. The van der Waals surface area contributed by atoms with Gasteiger partial charge >= 0.3 is 0 Å². The maximum absolute atomic E-state index is 4.22. The SMILES string of the molecule is Cc1ccc(C)c(-c2cc(-c3cccnc3)ccc2C)c1. The van der Waals surface area contributed by atoms with Gasteiger partial charge < -0.3 is 0 Å². The number of hydrogen-bond donors (Lipinski definition) is 0. The molecule has 0 aliphatic heterocycles. The second-order valence-electron chi connectivity index (χ2n) is 5.59. The zero-order valence-electron chi connectivity index (χ0n) is 12.7. The molecule has 0 saturated carbocycles. The second-order valence-corrected chi connectivity index (χ2v) is 5.59. The Hall–Kier alpha value is -2.41. The highest BCUT2D eigenvalue weighted by Gasteiger charge is 2.08. The van der Waals surface area contributed by atoms with E-state index in [0.29, 0.717) is 0 Å². The molecule has 0 N–H and O–H groups in total. The maximum Gasteiger partial charge on any atom is 0.0346 e. The number of benzene rings is 2. The van der Waals surface area contributed by atoms with Crippen molar-refractivity contribution in [3.8, 4) is 22.3 Å². The first-order chi connectivity index (χ1) is 10.1. The fraction of sp³-hybridized carbons (Fsp3) is 0.150. The van der Waals surface area contributed by atoms with Crippen LogP contribution in [0.3, 0.4) is 0 Å². The summed E-state index contributed by atoms with van der Waals surface area (Å²) in [6.45, 7) is 6.48. The molecule has 0 unspecified atom stereocenters. The van der Waals surface area contributed by atoms with Crippen LogP contribution in [0, 0.1) is 20.8 Å². The summed E-state index contributed by atoms with van der Waals surface area (Å²) in [6, 6.07) is 17.3. The van der Waals surface area contributed by atoms with Gasteiger partial charge in [-0.1, -0.05) is 42.0 Å². The Morgan fingerprint density at radius 1 is 0.714 bits per heavy atom. The highest BCUT2D eigenvalue weighted by atomic mass is 14.6. The van der Waals surface area contributed by atoms with Crippen LogP contribution in [0.15, 0.2) is 60.9 Å². The van der Waals surface area contributed by atoms with Gasteiger partial charge in [-0.2, -0.15) is 0 Å². The Morgan fingerprint density at radius 2 is 1.43 bits per heavy atom. The summed E-state index contributed by atoms with van der Waals surface area (Å²) in [6.07, 6.45) is 3.72. The first-order valence-corrected chi connectivity index (χ1v) is 7.24. The van der Waals surface area contributed by atoms with Gasteiger partial charge in [-0.15, -0.1) is 0 Å². The number of aromatic nitrogens is 1. The van der Waals surface area contributed by atoms with Gasteiger partial charge in [0.2, 0.25) is 0 Å². The number of pyridine rings is 1. The zero-order chi connectivity index (χ0) is 14.8. The summed E-state index contributed by atoms with van der Waals surface area (Å²) < 4.78 is 0. The Balaban J connectivity index is 2.17. The molecule has 3 aromatic rings. The van der Waals surface area contributed by atoms with Crippen LogP contribution in [0.4, 0.5) is 0 Å². The summed E-state index contributed by atoms with van der Waals surface area (Å²) in [5.74, 6) is 0. The van der Waals surface area contributed by atoms with Gasteiger partial charge in [-0.3, -0.25) is 4.98 Å². The fourth-order valence-corrected chi connectivity index (χ4v) is 2.65. The molecule has 104 valence electrons. The van der Waals surface area contributed by atoms with Gasteiger partial charge in [0.05, 0.1) is 0 Å². The van der Waals surface area contributed by atoms with Crippen LogP contribution in [0.25, 0.3) is 22.3 Å². The quantitative estimate of drug-likeness (QED) is 0.614. The third-order valence-electron chi connectivity index (χ3n) is 3.92. The molecule has 0 bridgehead atoms. The van der Waals surface area contributed by atoms with Crippen LogP contribution in [0.2, 0.25) is 0 Å². The molecule has 0 atom stereocenters. The molecule has 0 saturated heterocycles. The lowest BCUT2D eigenvalue weighted by Crippen LogP contribution is -1.90. The number of aryl methyl sites for hydroxylation is 3. The summed E-state index contributed by atoms with van der Waals surface area (Å²) >= 11 is 0. The highest BCUT2D eigenvalue weighted by molar-refractivity contribution is 5.77. The van der Waals surface area contributed by atoms with Crippen molar-refractivity contribution < 1.29 is 0 Å². The average Bonchev–Trinajstić information content (AvgIpc) is 2.51. The molecule has 1 heterocycles. The number of hydrogen-bond acceptors (Lipinski definition) is 1. The molecule has 0 amide bonds. The molecule has 3 rings (SSSR count). The van der Waals surface area contributed by atoms with Crippen LogP contribution in [-0.2, 0) is 0 Å². The van der Waals surface area contributed by atoms with Gasteiger partial charge in [0.1, 0.15) is 0 Å². The number of rotatable bonds is 2. The molecule has 1 heteroatoms. The lowest BCUT2D eigenvalue weighted by Gasteiger charge is -2.12. The lowest BCUT2D eigenvalue weighted by atomic mass is 9.92. The van der Waals surface area contributed by atoms with Crippen molar-refractivity contribution in [3.05, 3.63) is 77.6 Å². The Kier molecular flexibility index (Phi) is 3.57. The minimum atomic E-state index is 1.16. The van der Waals surface area contributed by atoms with Gasteiger partial charge in [-0.05, 0) is 60.7 Å². The van der Waals surface area contributed by atoms with Crippen LogP contribution < -0.4 is 0 Å². The van der Waals surface area contributed by atoms with E-state index in [-0.39, 0.29) is 0 Å². The lowest BCUT2D eigenvalue weighted by molar-refractivity contribution is 1.32. The van der Waals surface area contributed by atoms with Crippen molar-refractivity contribution in [1.82, 2.24) is 4.98 Å². The van der Waals surface area contributed by atoms with Crippen LogP contribution in [-0.4, -0.2) is 4.98 Å². The topological polar surface area (TPSA) is 12.9 Å². The predicted octanol–water partition coefficient (Wildman–Crippen LogP) is 5.34. The van der Waals surface area contributed by atoms with Crippen molar-refractivity contribution in [2.75, 3.05) is 0 Å². The Bertz CT molecular complexity index is 773. The normalized spacial score (nSPS) is 10.6. The molecule has 0 fully saturated rings. The molecule has 0 spiro atoms. The summed E-state index contributed by atoms with van der Waals surface area (Å²) in [5.41, 5.74) is 8.90. The van der Waals surface area contributed by atoms with Crippen molar-refractivity contribution >= 4 is 0 Å². The van der Waals surface area contributed by atoms with Gasteiger partial charge in [0.25, 0.3) is 0 Å². The Morgan fingerprint density at radius 3 is 2.14 bits per heavy atom. The van der Waals surface area contributed by atoms with E-state index >= 15 is 0 Å². The first kappa shape index (κ1) is 13.6. The maximum atomic E-state index is 4.22. The van der Waals surface area contributed by atoms with Crippen LogP contribution in [0.5, 0.6) is 0 Å². The smallest absolute Gasteiger partial charge is 0.0346 e. The van der Waals surface area contributed by atoms with Crippen molar-refractivity contribution in [2.24, 2.45) is 0 Å². The molecule has 21 heavy (non-hydrogen) atoms. The molecule has 0 aliphatic rings. The van der Waals surface area contributed by atoms with Crippen molar-refractivity contribution in [2.45, 2.75) is 20.8 Å². The monoisotopic (exact) mass is 273 g/mol. The highest BCUT2D eigenvalue weighted by Crippen LogP contribution is 2.31. The first-order valence-electron chi connectivity index (χ1n) is 7.24. The largest absolute Gasteiger partial charge is 0.264 e. The Labute approximate surface area is 126 Å². The molecule has 2 aromatic carbocycles. The molecular formula is C20H19N. The standard InChI is InChI=1S/C20H19N/c1-14-6-7-15(2)19(11-14)20-12-17(9-8-16(20)3)18-5-4-10-21-13-18/h4-13H,1-3H3. The minimum Gasteiger partial charge on any atom is -0.264 e. The zero-order valence-corrected chi connectivity index (χ0v) is 12.7. The van der Waals surface area contributed by atoms with Gasteiger partial charge in [-0.25, -0.2) is 0 Å². The average molecular weight is 273 g/mol. The summed E-state index contributed by atoms with van der Waals surface area (Å²) in [5, 5.41) is 0. The van der Waals surface area contributed by atoms with Gasteiger partial charge in [0.15, 0.2) is 0 Å². The van der Waals surface area contributed by atoms with E-state index in [9.17, 15) is 0 Å². The van der Waals surface area contributed by atoms with Crippen molar-refractivity contribution in [1.29, 1.82) is 0 Å². The van der Waals surface area contributed by atoms with E-state index in [1.54, 1.807) is 0 Å². The van der Waals surface area contributed by atoms with Crippen LogP contribution in [0.1, 0.15) is 16.7 Å². The van der Waals surface area contributed by atoms with E-state index in [4.69, 9.17) is 0 Å². The van der Waals surface area contributed by atoms with E-state index < -0.39 is 0 Å².